The molecule has 0 saturated heterocycles. The molecular formula is C24H30N4O. The molecule has 0 aliphatic carbocycles. The van der Waals surface area contributed by atoms with Crippen LogP contribution in [0.4, 0.5) is 0 Å². The van der Waals surface area contributed by atoms with Gasteiger partial charge in [-0.25, -0.2) is 4.68 Å². The van der Waals surface area contributed by atoms with Crippen LogP contribution in [0.2, 0.25) is 0 Å². The van der Waals surface area contributed by atoms with Crippen molar-refractivity contribution in [2.45, 2.75) is 39.8 Å². The first-order chi connectivity index (χ1) is 14.0. The highest BCUT2D eigenvalue weighted by atomic mass is 16.1. The van der Waals surface area contributed by atoms with Crippen LogP contribution in [-0.2, 0) is 0 Å². The Morgan fingerprint density at radius 2 is 1.55 bits per heavy atom. The summed E-state index contributed by atoms with van der Waals surface area (Å²) in [4.78, 5) is 15.4. The molecule has 5 nitrogen and oxygen atoms in total. The van der Waals surface area contributed by atoms with Gasteiger partial charge in [-0.05, 0) is 39.8 Å². The van der Waals surface area contributed by atoms with Crippen molar-refractivity contribution >= 4 is 5.91 Å². The van der Waals surface area contributed by atoms with Gasteiger partial charge in [-0.2, -0.15) is 5.10 Å². The van der Waals surface area contributed by atoms with Crippen molar-refractivity contribution in [1.82, 2.24) is 20.0 Å². The number of carbonyl (C=O) groups excluding carboxylic acids is 1. The monoisotopic (exact) mass is 390 g/mol. The Hall–Kier alpha value is -2.92. The molecule has 3 aromatic rings. The molecule has 1 aromatic heterocycles. The highest BCUT2D eigenvalue weighted by Gasteiger charge is 2.19. The smallest absolute Gasteiger partial charge is 0.255 e. The number of hydrogen-bond acceptors (Lipinski definition) is 3. The normalized spacial score (nSPS) is 11.4. The summed E-state index contributed by atoms with van der Waals surface area (Å²) in [5, 5.41) is 7.80. The first-order valence-corrected chi connectivity index (χ1v) is 10.2. The maximum atomic E-state index is 13.0. The first-order valence-electron chi connectivity index (χ1n) is 10.2. The van der Waals surface area contributed by atoms with Crippen LogP contribution in [0, 0.1) is 0 Å². The quantitative estimate of drug-likeness (QED) is 0.621. The fraction of sp³-hybridized carbons (Fsp3) is 0.333. The summed E-state index contributed by atoms with van der Waals surface area (Å²) in [5.74, 6) is -0.0986. The molecule has 0 unspecified atom stereocenters. The van der Waals surface area contributed by atoms with E-state index in [1.165, 1.54) is 0 Å². The van der Waals surface area contributed by atoms with Crippen molar-refractivity contribution in [3.05, 3.63) is 72.4 Å². The Kier molecular flexibility index (Phi) is 6.83. The number of rotatable bonds is 8. The highest BCUT2D eigenvalue weighted by molar-refractivity contribution is 5.99. The van der Waals surface area contributed by atoms with E-state index in [2.05, 4.69) is 37.9 Å². The lowest BCUT2D eigenvalue weighted by atomic mass is 10.1. The van der Waals surface area contributed by atoms with Gasteiger partial charge < -0.3 is 5.32 Å². The molecule has 3 rings (SSSR count). The Morgan fingerprint density at radius 1 is 0.966 bits per heavy atom. The summed E-state index contributed by atoms with van der Waals surface area (Å²) in [6.07, 6.45) is 1.82. The van der Waals surface area contributed by atoms with Gasteiger partial charge >= 0.3 is 0 Å². The van der Waals surface area contributed by atoms with Crippen LogP contribution < -0.4 is 5.32 Å². The summed E-state index contributed by atoms with van der Waals surface area (Å²) >= 11 is 0. The third kappa shape index (κ3) is 5.12. The molecule has 2 aromatic carbocycles. The van der Waals surface area contributed by atoms with E-state index in [1.54, 1.807) is 4.68 Å². The fourth-order valence-corrected chi connectivity index (χ4v) is 3.57. The Balaban J connectivity index is 1.83. The van der Waals surface area contributed by atoms with Crippen molar-refractivity contribution in [3.63, 3.8) is 0 Å². The van der Waals surface area contributed by atoms with E-state index in [1.807, 2.05) is 66.9 Å². The van der Waals surface area contributed by atoms with E-state index in [4.69, 9.17) is 5.10 Å². The summed E-state index contributed by atoms with van der Waals surface area (Å²) in [7, 11) is 0. The summed E-state index contributed by atoms with van der Waals surface area (Å²) in [6.45, 7) is 10.1. The predicted octanol–water partition coefficient (Wildman–Crippen LogP) is 4.39. The average molecular weight is 391 g/mol. The van der Waals surface area contributed by atoms with Crippen molar-refractivity contribution in [2.75, 3.05) is 13.1 Å². The maximum absolute atomic E-state index is 13.0. The zero-order valence-corrected chi connectivity index (χ0v) is 17.7. The second-order valence-corrected chi connectivity index (χ2v) is 7.72. The van der Waals surface area contributed by atoms with Gasteiger partial charge in [0.2, 0.25) is 0 Å². The van der Waals surface area contributed by atoms with Crippen molar-refractivity contribution in [1.29, 1.82) is 0 Å². The van der Waals surface area contributed by atoms with Gasteiger partial charge in [0, 0.05) is 36.9 Å². The number of amides is 1. The van der Waals surface area contributed by atoms with Gasteiger partial charge in [0.15, 0.2) is 0 Å². The van der Waals surface area contributed by atoms with E-state index in [0.717, 1.165) is 17.8 Å². The summed E-state index contributed by atoms with van der Waals surface area (Å²) < 4.78 is 1.77. The van der Waals surface area contributed by atoms with Crippen LogP contribution in [0.1, 0.15) is 38.1 Å². The van der Waals surface area contributed by atoms with Gasteiger partial charge in [-0.1, -0.05) is 48.5 Å². The van der Waals surface area contributed by atoms with Crippen LogP contribution >= 0.6 is 0 Å². The van der Waals surface area contributed by atoms with E-state index < -0.39 is 0 Å². The Bertz CT molecular complexity index is 909. The molecule has 152 valence electrons. The molecule has 1 amide bonds. The zero-order valence-electron chi connectivity index (χ0n) is 17.7. The Labute approximate surface area is 173 Å². The highest BCUT2D eigenvalue weighted by Crippen LogP contribution is 2.23. The van der Waals surface area contributed by atoms with Crippen molar-refractivity contribution in [3.8, 4) is 16.9 Å². The van der Waals surface area contributed by atoms with Gasteiger partial charge in [-0.3, -0.25) is 9.69 Å². The van der Waals surface area contributed by atoms with Crippen LogP contribution in [0.15, 0.2) is 66.9 Å². The third-order valence-corrected chi connectivity index (χ3v) is 5.01. The lowest BCUT2D eigenvalue weighted by Crippen LogP contribution is -2.42. The molecule has 0 radical (unpaired) electrons. The number of aromatic nitrogens is 2. The topological polar surface area (TPSA) is 50.2 Å². The lowest BCUT2D eigenvalue weighted by Gasteiger charge is -2.30. The van der Waals surface area contributed by atoms with Crippen LogP contribution in [0.3, 0.4) is 0 Å². The lowest BCUT2D eigenvalue weighted by molar-refractivity contribution is 0.0940. The summed E-state index contributed by atoms with van der Waals surface area (Å²) in [5.41, 5.74) is 3.13. The van der Waals surface area contributed by atoms with Crippen LogP contribution in [0.5, 0.6) is 0 Å². The molecule has 0 atom stereocenters. The molecule has 0 aliphatic rings. The molecule has 0 saturated carbocycles. The number of carbonyl (C=O) groups is 1. The maximum Gasteiger partial charge on any atom is 0.255 e. The number of para-hydroxylation sites is 1. The average Bonchev–Trinajstić information content (AvgIpc) is 3.17. The van der Waals surface area contributed by atoms with E-state index >= 15 is 0 Å². The van der Waals surface area contributed by atoms with Crippen LogP contribution in [-0.4, -0.2) is 45.8 Å². The SMILES string of the molecule is CC(C)N(CCNC(=O)c1cn(-c2ccccc2)nc1-c1ccccc1)C(C)C. The second-order valence-electron chi connectivity index (χ2n) is 7.72. The molecule has 1 heterocycles. The molecule has 5 heteroatoms. The molecule has 1 N–H and O–H groups in total. The van der Waals surface area contributed by atoms with Gasteiger partial charge in [-0.15, -0.1) is 0 Å². The number of hydrogen-bond donors (Lipinski definition) is 1. The minimum absolute atomic E-state index is 0.0986. The fourth-order valence-electron chi connectivity index (χ4n) is 3.57. The minimum atomic E-state index is -0.0986. The predicted molar refractivity (Wildman–Crippen MR) is 118 cm³/mol. The number of nitrogens with zero attached hydrogens (tertiary/aromatic N) is 3. The van der Waals surface area contributed by atoms with E-state index in [-0.39, 0.29) is 5.91 Å². The molecule has 0 fully saturated rings. The summed E-state index contributed by atoms with van der Waals surface area (Å²) in [6, 6.07) is 20.6. The van der Waals surface area contributed by atoms with Crippen molar-refractivity contribution < 1.29 is 4.79 Å². The van der Waals surface area contributed by atoms with E-state index in [9.17, 15) is 4.79 Å². The number of nitrogens with one attached hydrogen (secondary N) is 1. The number of benzene rings is 2. The van der Waals surface area contributed by atoms with Crippen LogP contribution in [0.25, 0.3) is 16.9 Å². The first kappa shape index (κ1) is 20.8. The Morgan fingerprint density at radius 3 is 2.14 bits per heavy atom. The van der Waals surface area contributed by atoms with Gasteiger partial charge in [0.05, 0.1) is 11.3 Å². The molecular weight excluding hydrogens is 360 g/mol. The molecule has 29 heavy (non-hydrogen) atoms. The molecule has 0 spiro atoms. The van der Waals surface area contributed by atoms with Crippen molar-refractivity contribution in [2.24, 2.45) is 0 Å². The van der Waals surface area contributed by atoms with Gasteiger partial charge in [0.1, 0.15) is 5.69 Å². The largest absolute Gasteiger partial charge is 0.351 e. The third-order valence-electron chi connectivity index (χ3n) is 5.01. The van der Waals surface area contributed by atoms with E-state index in [0.29, 0.717) is 29.9 Å². The van der Waals surface area contributed by atoms with Gasteiger partial charge in [0.25, 0.3) is 5.91 Å². The molecule has 0 bridgehead atoms. The molecule has 0 aliphatic heterocycles. The standard InChI is InChI=1S/C24H30N4O/c1-18(2)27(19(3)4)16-15-25-24(29)22-17-28(21-13-9-6-10-14-21)26-23(22)20-11-7-5-8-12-20/h5-14,17-19H,15-16H2,1-4H3,(H,25,29). The minimum Gasteiger partial charge on any atom is -0.351 e. The zero-order chi connectivity index (χ0) is 20.8. The second kappa shape index (κ2) is 9.52.